The Morgan fingerprint density at radius 3 is 1.52 bits per heavy atom. The molecule has 0 atom stereocenters. The van der Waals surface area contributed by atoms with Crippen LogP contribution < -0.4 is 0 Å². The molecule has 0 aromatic heterocycles. The molecular weight excluding hydrogens is 579 g/mol. The Bertz CT molecular complexity index is 1020. The van der Waals surface area contributed by atoms with E-state index in [0.29, 0.717) is 0 Å². The number of rotatable bonds is 8. The predicted molar refractivity (Wildman–Crippen MR) is 147 cm³/mol. The quantitative estimate of drug-likeness (QED) is 0.105. The molecule has 4 rings (SSSR count). The first kappa shape index (κ1) is 28.0. The number of hydrogen-bond donors (Lipinski definition) is 0. The number of fused-ring (bicyclic) bond motifs is 2. The number of hydrogen-bond acceptors (Lipinski definition) is 0. The van der Waals surface area contributed by atoms with Crippen LogP contribution in [0.5, 0.6) is 0 Å². The monoisotopic (exact) mass is 621 g/mol. The van der Waals surface area contributed by atoms with Crippen LogP contribution in [0.1, 0.15) is 76.1 Å². The molecule has 0 aliphatic rings. The molecule has 0 heterocycles. The van der Waals surface area contributed by atoms with Crippen LogP contribution in [-0.2, 0) is 48.7 Å². The normalized spacial score (nSPS) is 10.5. The molecule has 0 spiro atoms. The van der Waals surface area contributed by atoms with Gasteiger partial charge in [-0.05, 0) is 25.7 Å². The molecule has 173 valence electrons. The van der Waals surface area contributed by atoms with Crippen LogP contribution in [0.3, 0.4) is 0 Å². The summed E-state index contributed by atoms with van der Waals surface area (Å²) in [5, 5.41) is 5.69. The second kappa shape index (κ2) is 15.6. The Kier molecular flexibility index (Phi) is 13.2. The van der Waals surface area contributed by atoms with Crippen molar-refractivity contribution in [2.45, 2.75) is 85.6 Å². The molecule has 0 fully saturated rings. The van der Waals surface area contributed by atoms with E-state index >= 15 is 0 Å². The first-order chi connectivity index (χ1) is 16.1. The average Bonchev–Trinajstić information content (AvgIpc) is 3.48. The number of benzene rings is 2. The molecule has 0 saturated carbocycles. The molecule has 4 aromatic carbocycles. The van der Waals surface area contributed by atoms with Crippen molar-refractivity contribution in [3.63, 3.8) is 0 Å². The third-order valence-corrected chi connectivity index (χ3v) is 9.58. The summed E-state index contributed by atoms with van der Waals surface area (Å²) in [4.78, 5) is 0. The Morgan fingerprint density at radius 2 is 1.15 bits per heavy atom. The second-order valence-electron chi connectivity index (χ2n) is 8.62. The van der Waals surface area contributed by atoms with Gasteiger partial charge in [0.05, 0.1) is 0 Å². The largest absolute Gasteiger partial charge is 0.165 e. The van der Waals surface area contributed by atoms with E-state index in [1.807, 2.05) is 0 Å². The molecule has 0 nitrogen and oxygen atoms in total. The van der Waals surface area contributed by atoms with Gasteiger partial charge in [-0.2, -0.15) is 12.1 Å². The van der Waals surface area contributed by atoms with E-state index in [2.05, 4.69) is 95.3 Å². The summed E-state index contributed by atoms with van der Waals surface area (Å²) >= 11 is 1.43. The Balaban J connectivity index is 0.000000185. The van der Waals surface area contributed by atoms with Gasteiger partial charge in [-0.15, -0.1) is 69.1 Å². The maximum Gasteiger partial charge on any atom is -0.0397 e. The second-order valence-corrected chi connectivity index (χ2v) is 13.3. The standard InChI is InChI=1S/2C13H15.C5H11Si.Hf/c2*1-3-10-8-12-7-5-6-11(4-2)13(12)9-10;1-2-3-4-5-6;/h2*5-9H,3-4H2,1-2H3;2-5H2,1H3;/q2*-1;;+2. The van der Waals surface area contributed by atoms with Gasteiger partial charge in [-0.3, -0.25) is 0 Å². The summed E-state index contributed by atoms with van der Waals surface area (Å²) in [6, 6.07) is 23.9. The summed E-state index contributed by atoms with van der Waals surface area (Å²) in [5.74, 6) is 0. The molecule has 1 radical (unpaired) electrons. The van der Waals surface area contributed by atoms with Crippen molar-refractivity contribution in [1.29, 1.82) is 0 Å². The van der Waals surface area contributed by atoms with Crippen molar-refractivity contribution >= 4 is 27.8 Å². The van der Waals surface area contributed by atoms with Crippen LogP contribution in [0.25, 0.3) is 21.5 Å². The number of unbranched alkanes of at least 4 members (excludes halogenated alkanes) is 2. The minimum atomic E-state index is 1.13. The minimum absolute atomic E-state index is 1.13. The molecule has 0 bridgehead atoms. The van der Waals surface area contributed by atoms with E-state index < -0.39 is 0 Å². The minimum Gasteiger partial charge on any atom is -0.165 e. The molecule has 0 aliphatic carbocycles. The van der Waals surface area contributed by atoms with Crippen LogP contribution in [0.4, 0.5) is 0 Å². The zero-order chi connectivity index (χ0) is 24.1. The predicted octanol–water partition coefficient (Wildman–Crippen LogP) is 9.13. The zero-order valence-corrected chi connectivity index (χ0v) is 26.0. The summed E-state index contributed by atoms with van der Waals surface area (Å²) < 4.78 is 0. The molecule has 2 heteroatoms. The first-order valence-electron chi connectivity index (χ1n) is 12.9. The molecule has 0 unspecified atom stereocenters. The third-order valence-electron chi connectivity index (χ3n) is 6.29. The molecule has 0 N–H and O–H groups in total. The van der Waals surface area contributed by atoms with Crippen LogP contribution in [0, 0.1) is 0 Å². The van der Waals surface area contributed by atoms with Gasteiger partial charge < -0.3 is 0 Å². The van der Waals surface area contributed by atoms with Crippen LogP contribution in [0.15, 0.2) is 60.7 Å². The van der Waals surface area contributed by atoms with Gasteiger partial charge in [0.1, 0.15) is 0 Å². The van der Waals surface area contributed by atoms with Gasteiger partial charge in [-0.25, -0.2) is 0 Å². The fourth-order valence-electron chi connectivity index (χ4n) is 4.21. The van der Waals surface area contributed by atoms with E-state index in [9.17, 15) is 0 Å². The van der Waals surface area contributed by atoms with Gasteiger partial charge in [-0.1, -0.05) is 51.0 Å². The fraction of sp³-hybridized carbons (Fsp3) is 0.419. The zero-order valence-electron chi connectivity index (χ0n) is 21.4. The summed E-state index contributed by atoms with van der Waals surface area (Å²) in [7, 11) is 0. The Labute approximate surface area is 218 Å². The third kappa shape index (κ3) is 8.48. The molecule has 0 aliphatic heterocycles. The summed E-state index contributed by atoms with van der Waals surface area (Å²) in [6.07, 6.45) is 10.2. The topological polar surface area (TPSA) is 0 Å². The molecular formula is C31H41HfSi. The maximum absolute atomic E-state index is 2.33. The van der Waals surface area contributed by atoms with E-state index in [1.54, 1.807) is 0 Å². The van der Waals surface area contributed by atoms with Gasteiger partial charge >= 0.3 is 61.4 Å². The summed E-state index contributed by atoms with van der Waals surface area (Å²) in [6.45, 7) is 11.1. The van der Waals surface area contributed by atoms with Crippen LogP contribution in [-0.4, -0.2) is 6.22 Å². The SMILES string of the molecule is CCCCC[Si]=[Hf+2].CCc1cc2c(CC)cccc2[cH-]1.CCc1cc2c(CC)cccc2[cH-]1. The number of aryl methyl sites for hydroxylation is 4. The van der Waals surface area contributed by atoms with Crippen molar-refractivity contribution in [1.82, 2.24) is 0 Å². The first-order valence-corrected chi connectivity index (χ1v) is 19.4. The Hall–Kier alpha value is -1.25. The van der Waals surface area contributed by atoms with E-state index in [1.165, 1.54) is 98.3 Å². The van der Waals surface area contributed by atoms with Crippen LogP contribution >= 0.6 is 0 Å². The average molecular weight is 620 g/mol. The summed E-state index contributed by atoms with van der Waals surface area (Å²) in [5.41, 5.74) is 5.85. The van der Waals surface area contributed by atoms with Gasteiger partial charge in [0, 0.05) is 0 Å². The van der Waals surface area contributed by atoms with Crippen molar-refractivity contribution in [2.24, 2.45) is 0 Å². The maximum atomic E-state index is 2.33. The van der Waals surface area contributed by atoms with E-state index in [-0.39, 0.29) is 0 Å². The van der Waals surface area contributed by atoms with Gasteiger partial charge in [0.25, 0.3) is 0 Å². The van der Waals surface area contributed by atoms with Crippen molar-refractivity contribution in [2.75, 3.05) is 0 Å². The van der Waals surface area contributed by atoms with Gasteiger partial charge in [0.2, 0.25) is 0 Å². The van der Waals surface area contributed by atoms with Crippen LogP contribution in [0.2, 0.25) is 6.04 Å². The fourth-order valence-corrected chi connectivity index (χ4v) is 6.54. The molecule has 4 aromatic rings. The van der Waals surface area contributed by atoms with Crippen molar-refractivity contribution in [3.05, 3.63) is 82.9 Å². The van der Waals surface area contributed by atoms with E-state index in [0.717, 1.165) is 25.7 Å². The molecule has 33 heavy (non-hydrogen) atoms. The van der Waals surface area contributed by atoms with Crippen molar-refractivity contribution in [3.8, 4) is 0 Å². The van der Waals surface area contributed by atoms with E-state index in [4.69, 9.17) is 0 Å². The van der Waals surface area contributed by atoms with Gasteiger partial charge in [0.15, 0.2) is 0 Å². The molecule has 0 amide bonds. The molecule has 0 saturated heterocycles. The Morgan fingerprint density at radius 1 is 0.667 bits per heavy atom. The smallest absolute Gasteiger partial charge is 0.0397 e. The van der Waals surface area contributed by atoms with Crippen molar-refractivity contribution < 1.29 is 23.0 Å².